The molecule has 4 N–H and O–H groups in total. The molecule has 1 saturated carbocycles. The highest BCUT2D eigenvalue weighted by molar-refractivity contribution is 7.89. The Hall–Kier alpha value is -1.31. The van der Waals surface area contributed by atoms with Crippen LogP contribution in [-0.2, 0) is 14.8 Å². The van der Waals surface area contributed by atoms with Crippen LogP contribution in [0.2, 0.25) is 5.02 Å². The lowest BCUT2D eigenvalue weighted by atomic mass is 10.2. The van der Waals surface area contributed by atoms with Crippen molar-refractivity contribution in [2.75, 3.05) is 12.3 Å². The van der Waals surface area contributed by atoms with Crippen LogP contribution in [0.1, 0.15) is 24.8 Å². The van der Waals surface area contributed by atoms with Crippen molar-refractivity contribution < 1.29 is 13.2 Å². The number of carbonyl (C=O) groups is 1. The molecule has 0 radical (unpaired) electrons. The quantitative estimate of drug-likeness (QED) is 0.681. The van der Waals surface area contributed by atoms with Crippen molar-refractivity contribution in [3.8, 4) is 0 Å². The molecule has 1 aliphatic carbocycles. The first-order chi connectivity index (χ1) is 9.79. The lowest BCUT2D eigenvalue weighted by molar-refractivity contribution is -0.121. The van der Waals surface area contributed by atoms with Crippen LogP contribution in [0.5, 0.6) is 0 Å². The molecule has 1 amide bonds. The Morgan fingerprint density at radius 2 is 2.10 bits per heavy atom. The fraction of sp³-hybridized carbons (Fsp3) is 0.462. The molecule has 21 heavy (non-hydrogen) atoms. The molecule has 6 nitrogen and oxygen atoms in total. The van der Waals surface area contributed by atoms with Crippen molar-refractivity contribution in [2.24, 2.45) is 0 Å². The van der Waals surface area contributed by atoms with Gasteiger partial charge in [-0.1, -0.05) is 11.6 Å². The standard InChI is InChI=1S/C13H18ClN3O3S/c1-8-11(15)6-9(14)7-12(8)21(19,20)16-5-4-13(18)17-10-2-3-10/h6-7,10,16H,2-5,15H2,1H3,(H,17,18). The second kappa shape index (κ2) is 6.21. The molecule has 116 valence electrons. The highest BCUT2D eigenvalue weighted by atomic mass is 35.5. The van der Waals surface area contributed by atoms with Crippen LogP contribution in [0, 0.1) is 6.92 Å². The van der Waals surface area contributed by atoms with Gasteiger partial charge in [0.25, 0.3) is 0 Å². The van der Waals surface area contributed by atoms with E-state index in [0.29, 0.717) is 11.3 Å². The Labute approximate surface area is 129 Å². The molecule has 0 unspecified atom stereocenters. The van der Waals surface area contributed by atoms with E-state index in [-0.39, 0.29) is 34.8 Å². The van der Waals surface area contributed by atoms with Crippen molar-refractivity contribution in [1.29, 1.82) is 0 Å². The summed E-state index contributed by atoms with van der Waals surface area (Å²) in [6, 6.07) is 3.11. The third-order valence-corrected chi connectivity index (χ3v) is 5.05. The molecule has 1 aromatic rings. The van der Waals surface area contributed by atoms with Crippen LogP contribution in [0.15, 0.2) is 17.0 Å². The van der Waals surface area contributed by atoms with Gasteiger partial charge in [0.05, 0.1) is 4.90 Å². The monoisotopic (exact) mass is 331 g/mol. The van der Waals surface area contributed by atoms with Gasteiger partial charge in [0.1, 0.15) is 0 Å². The van der Waals surface area contributed by atoms with Gasteiger partial charge in [0, 0.05) is 29.7 Å². The minimum atomic E-state index is -3.74. The minimum absolute atomic E-state index is 0.0345. The van der Waals surface area contributed by atoms with Crippen molar-refractivity contribution in [3.63, 3.8) is 0 Å². The smallest absolute Gasteiger partial charge is 0.240 e. The van der Waals surface area contributed by atoms with Gasteiger partial charge in [0.2, 0.25) is 15.9 Å². The Morgan fingerprint density at radius 1 is 1.43 bits per heavy atom. The summed E-state index contributed by atoms with van der Waals surface area (Å²) in [7, 11) is -3.74. The molecule has 2 rings (SSSR count). The molecule has 1 aromatic carbocycles. The van der Waals surface area contributed by atoms with Crippen molar-refractivity contribution in [3.05, 3.63) is 22.7 Å². The first-order valence-corrected chi connectivity index (χ1v) is 8.50. The zero-order valence-electron chi connectivity index (χ0n) is 11.6. The van der Waals surface area contributed by atoms with E-state index in [9.17, 15) is 13.2 Å². The third kappa shape index (κ3) is 4.33. The van der Waals surface area contributed by atoms with Gasteiger partial charge in [-0.15, -0.1) is 0 Å². The normalized spacial score (nSPS) is 15.0. The zero-order chi connectivity index (χ0) is 15.6. The van der Waals surface area contributed by atoms with E-state index in [1.54, 1.807) is 6.92 Å². The molecule has 0 bridgehead atoms. The van der Waals surface area contributed by atoms with Crippen LogP contribution < -0.4 is 15.8 Å². The lowest BCUT2D eigenvalue weighted by Crippen LogP contribution is -2.32. The first-order valence-electron chi connectivity index (χ1n) is 6.64. The molecule has 0 spiro atoms. The highest BCUT2D eigenvalue weighted by Gasteiger charge is 2.23. The maximum absolute atomic E-state index is 12.2. The summed E-state index contributed by atoms with van der Waals surface area (Å²) >= 11 is 5.84. The van der Waals surface area contributed by atoms with Crippen molar-refractivity contribution in [1.82, 2.24) is 10.0 Å². The fourth-order valence-electron chi connectivity index (χ4n) is 1.86. The highest BCUT2D eigenvalue weighted by Crippen LogP contribution is 2.25. The van der Waals surface area contributed by atoms with Crippen molar-refractivity contribution in [2.45, 2.75) is 37.1 Å². The fourth-order valence-corrected chi connectivity index (χ4v) is 3.48. The average molecular weight is 332 g/mol. The molecule has 0 heterocycles. The number of benzene rings is 1. The van der Waals surface area contributed by atoms with Crippen LogP contribution in [0.4, 0.5) is 5.69 Å². The summed E-state index contributed by atoms with van der Waals surface area (Å²) in [6.45, 7) is 1.65. The van der Waals surface area contributed by atoms with Gasteiger partial charge in [-0.3, -0.25) is 4.79 Å². The number of hydrogen-bond donors (Lipinski definition) is 3. The number of nitrogen functional groups attached to an aromatic ring is 1. The number of anilines is 1. The Morgan fingerprint density at radius 3 is 2.71 bits per heavy atom. The molecular formula is C13H18ClN3O3S. The van der Waals surface area contributed by atoms with Gasteiger partial charge >= 0.3 is 0 Å². The SMILES string of the molecule is Cc1c(N)cc(Cl)cc1S(=O)(=O)NCCC(=O)NC1CC1. The molecule has 0 aliphatic heterocycles. The number of halogens is 1. The summed E-state index contributed by atoms with van der Waals surface area (Å²) < 4.78 is 26.8. The summed E-state index contributed by atoms with van der Waals surface area (Å²) in [5.41, 5.74) is 6.47. The van der Waals surface area contributed by atoms with E-state index in [4.69, 9.17) is 17.3 Å². The van der Waals surface area contributed by atoms with E-state index < -0.39 is 10.0 Å². The van der Waals surface area contributed by atoms with Gasteiger partial charge in [0.15, 0.2) is 0 Å². The van der Waals surface area contributed by atoms with E-state index >= 15 is 0 Å². The Bertz CT molecular complexity index is 657. The first kappa shape index (κ1) is 16.1. The van der Waals surface area contributed by atoms with E-state index in [0.717, 1.165) is 12.8 Å². The van der Waals surface area contributed by atoms with Gasteiger partial charge < -0.3 is 11.1 Å². The van der Waals surface area contributed by atoms with E-state index in [1.807, 2.05) is 0 Å². The number of hydrogen-bond acceptors (Lipinski definition) is 4. The van der Waals surface area contributed by atoms with E-state index in [2.05, 4.69) is 10.0 Å². The number of nitrogens with one attached hydrogen (secondary N) is 2. The number of sulfonamides is 1. The molecule has 0 saturated heterocycles. The molecule has 0 aromatic heterocycles. The maximum atomic E-state index is 12.2. The number of nitrogens with two attached hydrogens (primary N) is 1. The Kier molecular flexibility index (Phi) is 4.75. The van der Waals surface area contributed by atoms with Crippen molar-refractivity contribution >= 4 is 33.2 Å². The summed E-state index contributed by atoms with van der Waals surface area (Å²) in [5.74, 6) is -0.150. The topological polar surface area (TPSA) is 101 Å². The van der Waals surface area contributed by atoms with Gasteiger partial charge in [-0.25, -0.2) is 13.1 Å². The molecule has 1 aliphatic rings. The predicted octanol–water partition coefficient (Wildman–Crippen LogP) is 1.18. The molecule has 0 atom stereocenters. The summed E-state index contributed by atoms with van der Waals surface area (Å²) in [5, 5.41) is 3.05. The van der Waals surface area contributed by atoms with Gasteiger partial charge in [-0.05, 0) is 37.5 Å². The summed E-state index contributed by atoms with van der Waals surface area (Å²) in [6.07, 6.45) is 2.10. The maximum Gasteiger partial charge on any atom is 0.240 e. The molecule has 1 fully saturated rings. The van der Waals surface area contributed by atoms with Crippen LogP contribution in [0.25, 0.3) is 0 Å². The van der Waals surface area contributed by atoms with Crippen LogP contribution in [-0.4, -0.2) is 26.9 Å². The largest absolute Gasteiger partial charge is 0.398 e. The zero-order valence-corrected chi connectivity index (χ0v) is 13.2. The second-order valence-electron chi connectivity index (χ2n) is 5.11. The number of rotatable bonds is 6. The lowest BCUT2D eigenvalue weighted by Gasteiger charge is -2.11. The number of carbonyl (C=O) groups excluding carboxylic acids is 1. The van der Waals surface area contributed by atoms with Gasteiger partial charge in [-0.2, -0.15) is 0 Å². The molecular weight excluding hydrogens is 314 g/mol. The summed E-state index contributed by atoms with van der Waals surface area (Å²) in [4.78, 5) is 11.5. The second-order valence-corrected chi connectivity index (χ2v) is 7.28. The predicted molar refractivity (Wildman–Crippen MR) is 81.6 cm³/mol. The molecule has 8 heteroatoms. The third-order valence-electron chi connectivity index (χ3n) is 3.24. The Balaban J connectivity index is 1.99. The van der Waals surface area contributed by atoms with Crippen LogP contribution >= 0.6 is 11.6 Å². The van der Waals surface area contributed by atoms with Crippen LogP contribution in [0.3, 0.4) is 0 Å². The average Bonchev–Trinajstić information content (AvgIpc) is 3.17. The minimum Gasteiger partial charge on any atom is -0.398 e. The van der Waals surface area contributed by atoms with E-state index in [1.165, 1.54) is 12.1 Å². The number of amides is 1.